The van der Waals surface area contributed by atoms with Crippen LogP contribution in [0.1, 0.15) is 11.1 Å². The van der Waals surface area contributed by atoms with Crippen molar-refractivity contribution >= 4 is 11.0 Å². The number of nitrogens with one attached hydrogen (secondary N) is 1. The van der Waals surface area contributed by atoms with Crippen LogP contribution in [0.25, 0.3) is 11.0 Å². The Morgan fingerprint density at radius 2 is 2.38 bits per heavy atom. The number of rotatable bonds is 2. The van der Waals surface area contributed by atoms with Crippen LogP contribution in [-0.2, 0) is 6.42 Å². The molecule has 2 aromatic rings. The van der Waals surface area contributed by atoms with Crippen LogP contribution in [0.5, 0.6) is 0 Å². The van der Waals surface area contributed by atoms with E-state index in [1.807, 2.05) is 18.5 Å². The first-order chi connectivity index (χ1) is 6.33. The zero-order valence-corrected chi connectivity index (χ0v) is 7.67. The summed E-state index contributed by atoms with van der Waals surface area (Å²) in [5.41, 5.74) is 10.1. The second-order valence-electron chi connectivity index (χ2n) is 3.20. The molecule has 3 heteroatoms. The lowest BCUT2D eigenvalue weighted by atomic mass is 10.2. The molecular formula is C10H13N3. The standard InChI is InChI=1S/C10H13N3/c1-7-3-5-12-10-8(2-4-11)6-13-9(7)10/h3,5-6,13H,2,4,11H2,1H3. The summed E-state index contributed by atoms with van der Waals surface area (Å²) in [5.74, 6) is 0. The molecule has 13 heavy (non-hydrogen) atoms. The summed E-state index contributed by atoms with van der Waals surface area (Å²) in [4.78, 5) is 7.56. The number of hydrogen-bond donors (Lipinski definition) is 2. The molecule has 0 aliphatic rings. The highest BCUT2D eigenvalue weighted by Gasteiger charge is 2.04. The van der Waals surface area contributed by atoms with E-state index in [2.05, 4.69) is 16.9 Å². The molecule has 0 spiro atoms. The zero-order chi connectivity index (χ0) is 9.26. The average Bonchev–Trinajstić information content (AvgIpc) is 2.51. The van der Waals surface area contributed by atoms with Crippen molar-refractivity contribution < 1.29 is 0 Å². The number of nitrogens with zero attached hydrogens (tertiary/aromatic N) is 1. The molecule has 2 aromatic heterocycles. The van der Waals surface area contributed by atoms with Gasteiger partial charge in [0.05, 0.1) is 11.0 Å². The monoisotopic (exact) mass is 175 g/mol. The van der Waals surface area contributed by atoms with Crippen LogP contribution in [-0.4, -0.2) is 16.5 Å². The zero-order valence-electron chi connectivity index (χ0n) is 7.67. The molecular weight excluding hydrogens is 162 g/mol. The summed E-state index contributed by atoms with van der Waals surface area (Å²) in [6, 6.07) is 2.01. The number of nitrogens with two attached hydrogens (primary N) is 1. The minimum Gasteiger partial charge on any atom is -0.359 e. The highest BCUT2D eigenvalue weighted by atomic mass is 14.8. The number of hydrogen-bond acceptors (Lipinski definition) is 2. The predicted molar refractivity (Wildman–Crippen MR) is 53.6 cm³/mol. The van der Waals surface area contributed by atoms with E-state index >= 15 is 0 Å². The third-order valence-corrected chi connectivity index (χ3v) is 2.27. The van der Waals surface area contributed by atoms with E-state index in [0.29, 0.717) is 6.54 Å². The molecule has 0 saturated heterocycles. The largest absolute Gasteiger partial charge is 0.359 e. The van der Waals surface area contributed by atoms with Crippen LogP contribution in [0.4, 0.5) is 0 Å². The van der Waals surface area contributed by atoms with Crippen molar-refractivity contribution in [2.75, 3.05) is 6.54 Å². The van der Waals surface area contributed by atoms with Crippen molar-refractivity contribution in [3.8, 4) is 0 Å². The smallest absolute Gasteiger partial charge is 0.0913 e. The van der Waals surface area contributed by atoms with Crippen LogP contribution < -0.4 is 5.73 Å². The van der Waals surface area contributed by atoms with Gasteiger partial charge in [0, 0.05) is 12.4 Å². The molecule has 0 atom stereocenters. The predicted octanol–water partition coefficient (Wildman–Crippen LogP) is 1.37. The van der Waals surface area contributed by atoms with Gasteiger partial charge in [0.15, 0.2) is 0 Å². The second kappa shape index (κ2) is 3.18. The summed E-state index contributed by atoms with van der Waals surface area (Å²) in [6.07, 6.45) is 4.72. The van der Waals surface area contributed by atoms with Crippen molar-refractivity contribution in [2.45, 2.75) is 13.3 Å². The number of fused-ring (bicyclic) bond motifs is 1. The maximum absolute atomic E-state index is 5.51. The van der Waals surface area contributed by atoms with Gasteiger partial charge in [0.2, 0.25) is 0 Å². The fourth-order valence-electron chi connectivity index (χ4n) is 1.56. The summed E-state index contributed by atoms with van der Waals surface area (Å²) >= 11 is 0. The number of aryl methyl sites for hydroxylation is 1. The van der Waals surface area contributed by atoms with Crippen molar-refractivity contribution in [3.63, 3.8) is 0 Å². The molecule has 0 fully saturated rings. The SMILES string of the molecule is Cc1ccnc2c(CCN)c[nH]c12. The molecule has 0 saturated carbocycles. The Labute approximate surface area is 77.0 Å². The number of H-pyrrole nitrogens is 1. The Morgan fingerprint density at radius 1 is 1.54 bits per heavy atom. The van der Waals surface area contributed by atoms with Gasteiger partial charge in [-0.15, -0.1) is 0 Å². The fraction of sp³-hybridized carbons (Fsp3) is 0.300. The Kier molecular flexibility index (Phi) is 2.02. The Hall–Kier alpha value is -1.35. The fourth-order valence-corrected chi connectivity index (χ4v) is 1.56. The molecule has 0 aliphatic carbocycles. The summed E-state index contributed by atoms with van der Waals surface area (Å²) < 4.78 is 0. The minimum atomic E-state index is 0.669. The Balaban J connectivity index is 2.61. The third-order valence-electron chi connectivity index (χ3n) is 2.27. The molecule has 0 bridgehead atoms. The Morgan fingerprint density at radius 3 is 3.15 bits per heavy atom. The quantitative estimate of drug-likeness (QED) is 0.724. The van der Waals surface area contributed by atoms with E-state index in [0.717, 1.165) is 17.5 Å². The maximum atomic E-state index is 5.51. The van der Waals surface area contributed by atoms with Gasteiger partial charge >= 0.3 is 0 Å². The number of aromatic amines is 1. The van der Waals surface area contributed by atoms with Gasteiger partial charge in [-0.1, -0.05) is 0 Å². The normalized spacial score (nSPS) is 10.9. The van der Waals surface area contributed by atoms with Gasteiger partial charge in [-0.25, -0.2) is 0 Å². The summed E-state index contributed by atoms with van der Waals surface area (Å²) in [7, 11) is 0. The van der Waals surface area contributed by atoms with E-state index in [4.69, 9.17) is 5.73 Å². The second-order valence-corrected chi connectivity index (χ2v) is 3.20. The average molecular weight is 175 g/mol. The van der Waals surface area contributed by atoms with Crippen molar-refractivity contribution in [1.29, 1.82) is 0 Å². The molecule has 3 nitrogen and oxygen atoms in total. The minimum absolute atomic E-state index is 0.669. The first-order valence-electron chi connectivity index (χ1n) is 4.44. The van der Waals surface area contributed by atoms with Gasteiger partial charge < -0.3 is 10.7 Å². The lowest BCUT2D eigenvalue weighted by molar-refractivity contribution is 0.973. The van der Waals surface area contributed by atoms with Crippen LogP contribution in [0, 0.1) is 6.92 Å². The third kappa shape index (κ3) is 1.31. The van der Waals surface area contributed by atoms with Gasteiger partial charge in [-0.2, -0.15) is 0 Å². The Bertz CT molecular complexity index is 417. The lowest BCUT2D eigenvalue weighted by Crippen LogP contribution is -2.02. The van der Waals surface area contributed by atoms with Crippen LogP contribution in [0.2, 0.25) is 0 Å². The molecule has 0 amide bonds. The van der Waals surface area contributed by atoms with E-state index in [1.165, 1.54) is 11.1 Å². The van der Waals surface area contributed by atoms with Gasteiger partial charge in [0.1, 0.15) is 0 Å². The lowest BCUT2D eigenvalue weighted by Gasteiger charge is -1.96. The van der Waals surface area contributed by atoms with Gasteiger partial charge in [-0.3, -0.25) is 4.98 Å². The van der Waals surface area contributed by atoms with Crippen LogP contribution in [0.3, 0.4) is 0 Å². The van der Waals surface area contributed by atoms with Crippen LogP contribution in [0.15, 0.2) is 18.5 Å². The number of aromatic nitrogens is 2. The molecule has 3 N–H and O–H groups in total. The molecule has 0 aromatic carbocycles. The topological polar surface area (TPSA) is 54.7 Å². The maximum Gasteiger partial charge on any atom is 0.0913 e. The van der Waals surface area contributed by atoms with E-state index in [9.17, 15) is 0 Å². The first kappa shape index (κ1) is 8.26. The van der Waals surface area contributed by atoms with Crippen LogP contribution >= 0.6 is 0 Å². The molecule has 0 radical (unpaired) electrons. The molecule has 2 rings (SSSR count). The summed E-state index contributed by atoms with van der Waals surface area (Å²) in [5, 5.41) is 0. The van der Waals surface area contributed by atoms with E-state index < -0.39 is 0 Å². The van der Waals surface area contributed by atoms with Crippen molar-refractivity contribution in [1.82, 2.24) is 9.97 Å². The molecule has 68 valence electrons. The van der Waals surface area contributed by atoms with E-state index in [1.54, 1.807) is 0 Å². The first-order valence-corrected chi connectivity index (χ1v) is 4.44. The molecule has 2 heterocycles. The molecule has 0 unspecified atom stereocenters. The van der Waals surface area contributed by atoms with Crippen molar-refractivity contribution in [2.24, 2.45) is 5.73 Å². The highest BCUT2D eigenvalue weighted by Crippen LogP contribution is 2.18. The van der Waals surface area contributed by atoms with Gasteiger partial charge in [0.25, 0.3) is 0 Å². The van der Waals surface area contributed by atoms with E-state index in [-0.39, 0.29) is 0 Å². The molecule has 0 aliphatic heterocycles. The summed E-state index contributed by atoms with van der Waals surface area (Å²) in [6.45, 7) is 2.75. The van der Waals surface area contributed by atoms with Crippen molar-refractivity contribution in [3.05, 3.63) is 29.6 Å². The number of pyridine rings is 1. The highest BCUT2D eigenvalue weighted by molar-refractivity contribution is 5.81. The van der Waals surface area contributed by atoms with Gasteiger partial charge in [-0.05, 0) is 37.1 Å².